The monoisotopic (exact) mass is 423 g/mol. The molecule has 170 valence electrons. The van der Waals surface area contributed by atoms with E-state index in [-0.39, 0.29) is 6.04 Å². The Labute approximate surface area is 188 Å². The number of benzene rings is 1. The SMILES string of the molecule is CNCC(C=N)N1Cc2cccc(CC3=C(NC4CCCCC4)CCNC3)c2CC1C. The van der Waals surface area contributed by atoms with Crippen LogP contribution in [-0.2, 0) is 19.4 Å². The van der Waals surface area contributed by atoms with Crippen molar-refractivity contribution in [1.29, 1.82) is 5.41 Å². The van der Waals surface area contributed by atoms with Gasteiger partial charge in [-0.25, -0.2) is 0 Å². The van der Waals surface area contributed by atoms with Crippen LogP contribution in [-0.4, -0.2) is 55.9 Å². The van der Waals surface area contributed by atoms with Gasteiger partial charge >= 0.3 is 0 Å². The maximum atomic E-state index is 7.89. The van der Waals surface area contributed by atoms with E-state index in [0.717, 1.165) is 45.4 Å². The summed E-state index contributed by atoms with van der Waals surface area (Å²) in [6.45, 7) is 6.20. The highest BCUT2D eigenvalue weighted by molar-refractivity contribution is 5.61. The van der Waals surface area contributed by atoms with Gasteiger partial charge in [0.1, 0.15) is 0 Å². The van der Waals surface area contributed by atoms with Crippen LogP contribution in [0.15, 0.2) is 29.5 Å². The first kappa shape index (κ1) is 22.5. The van der Waals surface area contributed by atoms with E-state index in [4.69, 9.17) is 5.41 Å². The zero-order valence-electron chi connectivity index (χ0n) is 19.5. The van der Waals surface area contributed by atoms with E-state index in [1.807, 2.05) is 7.05 Å². The molecule has 3 aliphatic rings. The molecule has 4 N–H and O–H groups in total. The second kappa shape index (κ2) is 10.8. The van der Waals surface area contributed by atoms with Crippen LogP contribution in [0.4, 0.5) is 0 Å². The third kappa shape index (κ3) is 5.39. The molecule has 1 aromatic carbocycles. The molecule has 0 saturated heterocycles. The molecule has 2 heterocycles. The van der Waals surface area contributed by atoms with Gasteiger partial charge in [-0.05, 0) is 68.3 Å². The Morgan fingerprint density at radius 1 is 1.26 bits per heavy atom. The molecule has 1 saturated carbocycles. The van der Waals surface area contributed by atoms with Crippen molar-refractivity contribution in [2.45, 2.75) is 83.0 Å². The van der Waals surface area contributed by atoms with E-state index in [1.54, 1.807) is 17.4 Å². The molecular formula is C26H41N5. The molecule has 1 aromatic rings. The number of nitrogens with zero attached hydrogens (tertiary/aromatic N) is 1. The number of nitrogens with one attached hydrogen (secondary N) is 4. The fraction of sp³-hybridized carbons (Fsp3) is 0.654. The molecule has 0 amide bonds. The van der Waals surface area contributed by atoms with Crippen LogP contribution >= 0.6 is 0 Å². The van der Waals surface area contributed by atoms with E-state index < -0.39 is 0 Å². The lowest BCUT2D eigenvalue weighted by molar-refractivity contribution is 0.158. The summed E-state index contributed by atoms with van der Waals surface area (Å²) in [5.41, 5.74) is 7.59. The molecule has 4 rings (SSSR count). The van der Waals surface area contributed by atoms with Crippen LogP contribution in [0, 0.1) is 5.41 Å². The maximum absolute atomic E-state index is 7.89. The zero-order valence-corrected chi connectivity index (χ0v) is 19.5. The van der Waals surface area contributed by atoms with E-state index in [9.17, 15) is 0 Å². The predicted octanol–water partition coefficient (Wildman–Crippen LogP) is 3.38. The fourth-order valence-electron chi connectivity index (χ4n) is 5.76. The first-order chi connectivity index (χ1) is 15.2. The van der Waals surface area contributed by atoms with Crippen LogP contribution in [0.2, 0.25) is 0 Å². The van der Waals surface area contributed by atoms with Crippen LogP contribution in [0.1, 0.15) is 62.1 Å². The number of fused-ring (bicyclic) bond motifs is 1. The molecule has 5 nitrogen and oxygen atoms in total. The topological polar surface area (TPSA) is 63.2 Å². The molecule has 2 atom stereocenters. The average molecular weight is 424 g/mol. The largest absolute Gasteiger partial charge is 0.386 e. The van der Waals surface area contributed by atoms with Crippen LogP contribution < -0.4 is 16.0 Å². The zero-order chi connectivity index (χ0) is 21.6. The fourth-order valence-corrected chi connectivity index (χ4v) is 5.76. The number of hydrogen-bond acceptors (Lipinski definition) is 5. The first-order valence-corrected chi connectivity index (χ1v) is 12.4. The normalized spacial score (nSPS) is 24.0. The van der Waals surface area contributed by atoms with Crippen molar-refractivity contribution in [3.05, 3.63) is 46.2 Å². The lowest BCUT2D eigenvalue weighted by Crippen LogP contribution is -2.49. The maximum Gasteiger partial charge on any atom is 0.0574 e. The highest BCUT2D eigenvalue weighted by Crippen LogP contribution is 2.30. The van der Waals surface area contributed by atoms with E-state index in [1.165, 1.54) is 48.9 Å². The summed E-state index contributed by atoms with van der Waals surface area (Å²) in [6, 6.07) is 8.18. The Morgan fingerprint density at radius 2 is 2.10 bits per heavy atom. The third-order valence-electron chi connectivity index (χ3n) is 7.52. The van der Waals surface area contributed by atoms with Crippen molar-refractivity contribution in [2.75, 3.05) is 26.7 Å². The number of rotatable bonds is 8. The Bertz CT molecular complexity index is 780. The van der Waals surface area contributed by atoms with Crippen LogP contribution in [0.5, 0.6) is 0 Å². The molecule has 0 radical (unpaired) electrons. The lowest BCUT2D eigenvalue weighted by Gasteiger charge is -2.40. The standard InChI is InChI=1S/C26H41N5/c1-19-13-25-20(7-6-8-21(25)18-31(19)24(15-27)17-28-2)14-22-16-29-12-11-26(22)30-23-9-4-3-5-10-23/h6-8,15,19,23-24,27-30H,3-5,9-14,16-18H2,1-2H3. The Morgan fingerprint density at radius 3 is 2.87 bits per heavy atom. The minimum absolute atomic E-state index is 0.161. The summed E-state index contributed by atoms with van der Waals surface area (Å²) in [7, 11) is 1.97. The van der Waals surface area contributed by atoms with Crippen molar-refractivity contribution < 1.29 is 0 Å². The molecule has 31 heavy (non-hydrogen) atoms. The predicted molar refractivity (Wildman–Crippen MR) is 130 cm³/mol. The molecule has 0 aromatic heterocycles. The van der Waals surface area contributed by atoms with Crippen molar-refractivity contribution in [3.8, 4) is 0 Å². The van der Waals surface area contributed by atoms with E-state index in [2.05, 4.69) is 46.0 Å². The van der Waals surface area contributed by atoms with Crippen LogP contribution in [0.25, 0.3) is 0 Å². The second-order valence-corrected chi connectivity index (χ2v) is 9.74. The van der Waals surface area contributed by atoms with E-state index in [0.29, 0.717) is 12.1 Å². The van der Waals surface area contributed by atoms with Gasteiger partial charge in [-0.2, -0.15) is 0 Å². The molecule has 0 bridgehead atoms. The van der Waals surface area contributed by atoms with Crippen molar-refractivity contribution in [2.24, 2.45) is 0 Å². The Hall–Kier alpha value is -1.69. The smallest absolute Gasteiger partial charge is 0.0574 e. The van der Waals surface area contributed by atoms with Crippen molar-refractivity contribution >= 4 is 6.21 Å². The van der Waals surface area contributed by atoms with E-state index >= 15 is 0 Å². The molecule has 0 spiro atoms. The summed E-state index contributed by atoms with van der Waals surface area (Å²) in [5, 5.41) is 18.7. The van der Waals surface area contributed by atoms with Gasteiger partial charge in [0.2, 0.25) is 0 Å². The summed E-state index contributed by atoms with van der Waals surface area (Å²) in [5.74, 6) is 0. The summed E-state index contributed by atoms with van der Waals surface area (Å²) < 4.78 is 0. The van der Waals surface area contributed by atoms with Gasteiger partial charge in [0.25, 0.3) is 0 Å². The van der Waals surface area contributed by atoms with Gasteiger partial charge in [-0.3, -0.25) is 4.90 Å². The van der Waals surface area contributed by atoms with Crippen LogP contribution in [0.3, 0.4) is 0 Å². The highest BCUT2D eigenvalue weighted by atomic mass is 15.2. The first-order valence-electron chi connectivity index (χ1n) is 12.4. The van der Waals surface area contributed by atoms with Crippen molar-refractivity contribution in [1.82, 2.24) is 20.9 Å². The minimum Gasteiger partial charge on any atom is -0.386 e. The van der Waals surface area contributed by atoms with Gasteiger partial charge in [-0.15, -0.1) is 0 Å². The minimum atomic E-state index is 0.161. The molecule has 1 aliphatic carbocycles. The molecule has 5 heteroatoms. The Kier molecular flexibility index (Phi) is 7.81. The average Bonchev–Trinajstić information content (AvgIpc) is 2.80. The molecule has 1 fully saturated rings. The van der Waals surface area contributed by atoms with Crippen molar-refractivity contribution in [3.63, 3.8) is 0 Å². The van der Waals surface area contributed by atoms with Gasteiger partial charge in [0.15, 0.2) is 0 Å². The van der Waals surface area contributed by atoms with Gasteiger partial charge in [0.05, 0.1) is 6.04 Å². The van der Waals surface area contributed by atoms with Gasteiger partial charge < -0.3 is 21.4 Å². The molecule has 2 unspecified atom stereocenters. The number of hydrogen-bond donors (Lipinski definition) is 4. The van der Waals surface area contributed by atoms with Gasteiger partial charge in [-0.1, -0.05) is 37.5 Å². The highest BCUT2D eigenvalue weighted by Gasteiger charge is 2.29. The molecular weight excluding hydrogens is 382 g/mol. The third-order valence-corrected chi connectivity index (χ3v) is 7.52. The summed E-state index contributed by atoms with van der Waals surface area (Å²) >= 11 is 0. The lowest BCUT2D eigenvalue weighted by atomic mass is 9.86. The second-order valence-electron chi connectivity index (χ2n) is 9.74. The quantitative estimate of drug-likeness (QED) is 0.484. The Balaban J connectivity index is 1.53. The molecule has 2 aliphatic heterocycles. The summed E-state index contributed by atoms with van der Waals surface area (Å²) in [4.78, 5) is 2.48. The summed E-state index contributed by atoms with van der Waals surface area (Å²) in [6.07, 6.45) is 11.7. The number of likely N-dealkylation sites (N-methyl/N-ethyl adjacent to an activating group) is 1. The van der Waals surface area contributed by atoms with Gasteiger partial charge in [0, 0.05) is 50.2 Å².